The molecule has 0 saturated carbocycles. The Labute approximate surface area is 172 Å². The average Bonchev–Trinajstić information content (AvgIpc) is 3.35. The number of amides is 2. The van der Waals surface area contributed by atoms with Gasteiger partial charge in [0.25, 0.3) is 11.8 Å². The number of quaternary nitrogens is 1. The molecule has 3 rings (SSSR count). The first kappa shape index (κ1) is 20.3. The fourth-order valence-electron chi connectivity index (χ4n) is 3.07. The summed E-state index contributed by atoms with van der Waals surface area (Å²) in [6.45, 7) is 2.42. The zero-order chi connectivity index (χ0) is 19.9. The second-order valence-corrected chi connectivity index (χ2v) is 8.40. The van der Waals surface area contributed by atoms with Crippen LogP contribution in [0.15, 0.2) is 53.2 Å². The molecule has 7 heteroatoms. The predicted molar refractivity (Wildman–Crippen MR) is 115 cm³/mol. The molecule has 28 heavy (non-hydrogen) atoms. The van der Waals surface area contributed by atoms with Crippen LogP contribution in [0.2, 0.25) is 0 Å². The Balaban J connectivity index is 1.69. The standard InChI is InChI=1S/C21H23N3O2S2/c1-2-4-14-6-8-15(9-7-14)19(17-5-3-11-27-17)23-13-18(25)24-21-16(20(22)26)10-12-28-21/h3,5-12,19,23H,2,4,13H2,1H3,(H2,22,26)(H,24,25)/p+1/t19-/m0/s1. The summed E-state index contributed by atoms with van der Waals surface area (Å²) in [7, 11) is 0. The van der Waals surface area contributed by atoms with E-state index in [9.17, 15) is 9.59 Å². The molecular weight excluding hydrogens is 390 g/mol. The number of nitrogens with two attached hydrogens (primary N) is 2. The van der Waals surface area contributed by atoms with Crippen LogP contribution in [-0.2, 0) is 11.2 Å². The number of anilines is 1. The van der Waals surface area contributed by atoms with Crippen LogP contribution in [0.1, 0.15) is 45.7 Å². The van der Waals surface area contributed by atoms with Gasteiger partial charge in [-0.3, -0.25) is 9.59 Å². The van der Waals surface area contributed by atoms with E-state index in [-0.39, 0.29) is 18.5 Å². The number of carbonyl (C=O) groups is 2. The van der Waals surface area contributed by atoms with Crippen LogP contribution in [0.3, 0.4) is 0 Å². The van der Waals surface area contributed by atoms with Crippen LogP contribution in [0.4, 0.5) is 5.00 Å². The fourth-order valence-corrected chi connectivity index (χ4v) is 4.73. The molecule has 0 aliphatic rings. The summed E-state index contributed by atoms with van der Waals surface area (Å²) in [5.41, 5.74) is 8.18. The van der Waals surface area contributed by atoms with Gasteiger partial charge in [0.1, 0.15) is 11.0 Å². The number of thiophene rings is 2. The van der Waals surface area contributed by atoms with E-state index in [0.29, 0.717) is 10.6 Å². The zero-order valence-electron chi connectivity index (χ0n) is 15.7. The first-order valence-corrected chi connectivity index (χ1v) is 11.0. The lowest BCUT2D eigenvalue weighted by molar-refractivity contribution is -0.675. The molecule has 5 nitrogen and oxygen atoms in total. The van der Waals surface area contributed by atoms with Gasteiger partial charge >= 0.3 is 0 Å². The maximum absolute atomic E-state index is 12.4. The van der Waals surface area contributed by atoms with Crippen molar-refractivity contribution in [3.8, 4) is 0 Å². The smallest absolute Gasteiger partial charge is 0.280 e. The largest absolute Gasteiger partial charge is 0.366 e. The van der Waals surface area contributed by atoms with E-state index in [4.69, 9.17) is 5.73 Å². The lowest BCUT2D eigenvalue weighted by Crippen LogP contribution is -2.87. The van der Waals surface area contributed by atoms with Gasteiger partial charge < -0.3 is 16.4 Å². The summed E-state index contributed by atoms with van der Waals surface area (Å²) in [6, 6.07) is 14.4. The van der Waals surface area contributed by atoms with Crippen LogP contribution in [0.25, 0.3) is 0 Å². The Hall–Kier alpha value is -2.48. The Morgan fingerprint density at radius 3 is 2.54 bits per heavy atom. The number of hydrogen-bond acceptors (Lipinski definition) is 4. The molecule has 1 atom stereocenters. The molecule has 146 valence electrons. The van der Waals surface area contributed by atoms with Gasteiger partial charge in [-0.15, -0.1) is 22.7 Å². The minimum absolute atomic E-state index is 0.0559. The Kier molecular flexibility index (Phi) is 6.97. The van der Waals surface area contributed by atoms with Crippen molar-refractivity contribution < 1.29 is 14.9 Å². The van der Waals surface area contributed by atoms with E-state index in [2.05, 4.69) is 42.6 Å². The number of hydrogen-bond donors (Lipinski definition) is 3. The van der Waals surface area contributed by atoms with Crippen molar-refractivity contribution in [3.05, 3.63) is 74.8 Å². The molecule has 3 aromatic rings. The summed E-state index contributed by atoms with van der Waals surface area (Å²) in [5.74, 6) is -0.696. The molecule has 0 aliphatic heterocycles. The van der Waals surface area contributed by atoms with Gasteiger partial charge in [-0.05, 0) is 34.9 Å². The van der Waals surface area contributed by atoms with Gasteiger partial charge in [0.15, 0.2) is 6.54 Å². The van der Waals surface area contributed by atoms with E-state index < -0.39 is 5.91 Å². The third-order valence-electron chi connectivity index (χ3n) is 4.45. The molecule has 2 amide bonds. The molecular formula is C21H24N3O2S2+. The summed E-state index contributed by atoms with van der Waals surface area (Å²) < 4.78 is 0. The Morgan fingerprint density at radius 2 is 1.89 bits per heavy atom. The van der Waals surface area contributed by atoms with Gasteiger partial charge in [0.05, 0.1) is 10.4 Å². The van der Waals surface area contributed by atoms with Crippen molar-refractivity contribution in [3.63, 3.8) is 0 Å². The van der Waals surface area contributed by atoms with E-state index in [1.807, 2.05) is 16.8 Å². The Morgan fingerprint density at radius 1 is 1.11 bits per heavy atom. The van der Waals surface area contributed by atoms with Crippen LogP contribution in [-0.4, -0.2) is 18.4 Å². The highest BCUT2D eigenvalue weighted by molar-refractivity contribution is 7.14. The SMILES string of the molecule is CCCc1ccc([C@H]([NH2+]CC(=O)Nc2sccc2C(N)=O)c2cccs2)cc1. The van der Waals surface area contributed by atoms with Gasteiger partial charge in [-0.2, -0.15) is 0 Å². The second-order valence-electron chi connectivity index (χ2n) is 6.50. The van der Waals surface area contributed by atoms with Crippen molar-refractivity contribution in [1.82, 2.24) is 0 Å². The van der Waals surface area contributed by atoms with Crippen LogP contribution in [0.5, 0.6) is 0 Å². The summed E-state index contributed by atoms with van der Waals surface area (Å²) >= 11 is 2.98. The van der Waals surface area contributed by atoms with Crippen molar-refractivity contribution in [1.29, 1.82) is 0 Å². The van der Waals surface area contributed by atoms with E-state index >= 15 is 0 Å². The number of rotatable bonds is 9. The molecule has 0 bridgehead atoms. The molecule has 0 unspecified atom stereocenters. The number of carbonyl (C=O) groups excluding carboxylic acids is 2. The third-order valence-corrected chi connectivity index (χ3v) is 6.24. The van der Waals surface area contributed by atoms with Crippen molar-refractivity contribution in [2.75, 3.05) is 11.9 Å². The molecule has 0 aliphatic carbocycles. The first-order valence-electron chi connectivity index (χ1n) is 9.21. The normalized spacial score (nSPS) is 11.9. The van der Waals surface area contributed by atoms with E-state index in [0.717, 1.165) is 12.8 Å². The van der Waals surface area contributed by atoms with Gasteiger partial charge in [-0.1, -0.05) is 43.7 Å². The highest BCUT2D eigenvalue weighted by atomic mass is 32.1. The minimum atomic E-state index is -0.538. The molecule has 0 saturated heterocycles. The van der Waals surface area contributed by atoms with Crippen LogP contribution < -0.4 is 16.4 Å². The molecule has 0 fully saturated rings. The maximum atomic E-state index is 12.4. The fraction of sp³-hybridized carbons (Fsp3) is 0.238. The lowest BCUT2D eigenvalue weighted by Gasteiger charge is -2.15. The number of aryl methyl sites for hydroxylation is 1. The summed E-state index contributed by atoms with van der Waals surface area (Å²) in [6.07, 6.45) is 2.19. The van der Waals surface area contributed by atoms with E-state index in [1.54, 1.807) is 22.8 Å². The Bertz CT molecular complexity index is 918. The van der Waals surface area contributed by atoms with Crippen molar-refractivity contribution in [2.45, 2.75) is 25.8 Å². The molecule has 0 radical (unpaired) electrons. The highest BCUT2D eigenvalue weighted by Crippen LogP contribution is 2.24. The summed E-state index contributed by atoms with van der Waals surface area (Å²) in [5, 5.41) is 9.11. The number of nitrogens with one attached hydrogen (secondary N) is 1. The topological polar surface area (TPSA) is 88.8 Å². The van der Waals surface area contributed by atoms with Gasteiger partial charge in [0.2, 0.25) is 0 Å². The summed E-state index contributed by atoms with van der Waals surface area (Å²) in [4.78, 5) is 25.1. The number of benzene rings is 1. The zero-order valence-corrected chi connectivity index (χ0v) is 17.3. The van der Waals surface area contributed by atoms with Crippen LogP contribution >= 0.6 is 22.7 Å². The first-order chi connectivity index (χ1) is 13.6. The molecule has 2 heterocycles. The van der Waals surface area contributed by atoms with E-state index in [1.165, 1.54) is 27.3 Å². The predicted octanol–water partition coefficient (Wildman–Crippen LogP) is 3.15. The minimum Gasteiger partial charge on any atom is -0.366 e. The van der Waals surface area contributed by atoms with Crippen LogP contribution in [0, 0.1) is 0 Å². The number of primary amides is 1. The van der Waals surface area contributed by atoms with Gasteiger partial charge in [0, 0.05) is 5.56 Å². The second kappa shape index (κ2) is 9.64. The highest BCUT2D eigenvalue weighted by Gasteiger charge is 2.21. The third kappa shape index (κ3) is 5.07. The molecule has 2 aromatic heterocycles. The van der Waals surface area contributed by atoms with Crippen molar-refractivity contribution >= 4 is 39.5 Å². The molecule has 0 spiro atoms. The van der Waals surface area contributed by atoms with Crippen molar-refractivity contribution in [2.24, 2.45) is 5.73 Å². The lowest BCUT2D eigenvalue weighted by atomic mass is 10.0. The maximum Gasteiger partial charge on any atom is 0.280 e. The van der Waals surface area contributed by atoms with Gasteiger partial charge in [-0.25, -0.2) is 0 Å². The monoisotopic (exact) mass is 414 g/mol. The molecule has 1 aromatic carbocycles. The molecule has 5 N–H and O–H groups in total. The average molecular weight is 415 g/mol. The quantitative estimate of drug-likeness (QED) is 0.502.